The van der Waals surface area contributed by atoms with Crippen LogP contribution in [0.25, 0.3) is 0 Å². The molecule has 0 aromatic carbocycles. The number of pyridine rings is 1. The largest absolute Gasteiger partial charge is 0.353 e. The van der Waals surface area contributed by atoms with E-state index in [1.54, 1.807) is 0 Å². The number of hydrogen-bond acceptors (Lipinski definition) is 1. The van der Waals surface area contributed by atoms with E-state index in [-0.39, 0.29) is 5.91 Å². The van der Waals surface area contributed by atoms with E-state index in [0.717, 1.165) is 19.4 Å². The summed E-state index contributed by atoms with van der Waals surface area (Å²) in [7, 11) is 0. The molecule has 1 N–H and O–H groups in total. The summed E-state index contributed by atoms with van der Waals surface area (Å²) in [5.74, 6) is 0.259. The van der Waals surface area contributed by atoms with Gasteiger partial charge in [0.2, 0.25) is 5.91 Å². The SMILES string of the molecule is O=C(CCCC[n+]1ccccc1)NC1CCCCCCCCCCC1. The van der Waals surface area contributed by atoms with E-state index in [2.05, 4.69) is 34.4 Å². The average molecular weight is 346 g/mol. The van der Waals surface area contributed by atoms with Crippen molar-refractivity contribution in [2.24, 2.45) is 0 Å². The number of aryl methyl sites for hydroxylation is 1. The number of carbonyl (C=O) groups is 1. The molecule has 0 bridgehead atoms. The number of rotatable bonds is 6. The quantitative estimate of drug-likeness (QED) is 0.575. The van der Waals surface area contributed by atoms with Crippen molar-refractivity contribution in [2.75, 3.05) is 0 Å². The van der Waals surface area contributed by atoms with Crippen LogP contribution >= 0.6 is 0 Å². The van der Waals surface area contributed by atoms with Gasteiger partial charge in [-0.25, -0.2) is 4.57 Å². The van der Waals surface area contributed by atoms with Gasteiger partial charge in [-0.05, 0) is 19.3 Å². The molecule has 140 valence electrons. The number of aromatic nitrogens is 1. The van der Waals surface area contributed by atoms with Crippen molar-refractivity contribution in [3.8, 4) is 0 Å². The number of unbranched alkanes of at least 4 members (excludes halogenated alkanes) is 1. The molecule has 1 amide bonds. The number of amides is 1. The van der Waals surface area contributed by atoms with E-state index in [1.165, 1.54) is 70.6 Å². The van der Waals surface area contributed by atoms with Gasteiger partial charge in [0.15, 0.2) is 12.4 Å². The summed E-state index contributed by atoms with van der Waals surface area (Å²) >= 11 is 0. The molecule has 1 heterocycles. The molecule has 3 nitrogen and oxygen atoms in total. The average Bonchev–Trinajstić information content (AvgIpc) is 2.62. The van der Waals surface area contributed by atoms with Crippen LogP contribution in [-0.4, -0.2) is 11.9 Å². The zero-order valence-electron chi connectivity index (χ0n) is 15.9. The fourth-order valence-electron chi connectivity index (χ4n) is 3.77. The molecule has 3 heteroatoms. The highest BCUT2D eigenvalue weighted by atomic mass is 16.1. The van der Waals surface area contributed by atoms with Gasteiger partial charge in [0.05, 0.1) is 0 Å². The Bertz CT molecular complexity index is 448. The molecule has 1 saturated carbocycles. The molecule has 0 aliphatic heterocycles. The molecule has 1 aliphatic carbocycles. The van der Waals surface area contributed by atoms with Gasteiger partial charge >= 0.3 is 0 Å². The summed E-state index contributed by atoms with van der Waals surface area (Å²) in [6.07, 6.45) is 21.4. The van der Waals surface area contributed by atoms with Crippen molar-refractivity contribution < 1.29 is 9.36 Å². The molecule has 1 aromatic heterocycles. The van der Waals surface area contributed by atoms with Crippen LogP contribution in [0.5, 0.6) is 0 Å². The Kier molecular flexibility index (Phi) is 10.3. The monoisotopic (exact) mass is 345 g/mol. The fraction of sp³-hybridized carbons (Fsp3) is 0.727. The first-order chi connectivity index (χ1) is 12.3. The second kappa shape index (κ2) is 12.9. The van der Waals surface area contributed by atoms with Gasteiger partial charge in [-0.2, -0.15) is 0 Å². The van der Waals surface area contributed by atoms with E-state index >= 15 is 0 Å². The van der Waals surface area contributed by atoms with Gasteiger partial charge < -0.3 is 5.32 Å². The van der Waals surface area contributed by atoms with E-state index in [9.17, 15) is 4.79 Å². The lowest BCUT2D eigenvalue weighted by Crippen LogP contribution is -2.35. The van der Waals surface area contributed by atoms with Crippen molar-refractivity contribution in [3.63, 3.8) is 0 Å². The van der Waals surface area contributed by atoms with Crippen LogP contribution in [0.3, 0.4) is 0 Å². The molecule has 0 radical (unpaired) electrons. The predicted octanol–water partition coefficient (Wildman–Crippen LogP) is 4.93. The van der Waals surface area contributed by atoms with Gasteiger partial charge in [0.25, 0.3) is 0 Å². The van der Waals surface area contributed by atoms with Crippen LogP contribution < -0.4 is 9.88 Å². The lowest BCUT2D eigenvalue weighted by atomic mass is 9.98. The van der Waals surface area contributed by atoms with Crippen LogP contribution in [0.2, 0.25) is 0 Å². The fourth-order valence-corrected chi connectivity index (χ4v) is 3.77. The first kappa shape index (κ1) is 19.9. The van der Waals surface area contributed by atoms with E-state index in [0.29, 0.717) is 12.5 Å². The van der Waals surface area contributed by atoms with E-state index in [1.807, 2.05) is 6.07 Å². The van der Waals surface area contributed by atoms with Gasteiger partial charge in [-0.1, -0.05) is 63.9 Å². The first-order valence-electron chi connectivity index (χ1n) is 10.6. The highest BCUT2D eigenvalue weighted by Gasteiger charge is 2.12. The summed E-state index contributed by atoms with van der Waals surface area (Å²) < 4.78 is 2.19. The maximum absolute atomic E-state index is 12.3. The molecule has 0 saturated heterocycles. The van der Waals surface area contributed by atoms with Crippen LogP contribution in [-0.2, 0) is 11.3 Å². The van der Waals surface area contributed by atoms with E-state index in [4.69, 9.17) is 0 Å². The van der Waals surface area contributed by atoms with Crippen LogP contribution in [0.15, 0.2) is 30.6 Å². The van der Waals surface area contributed by atoms with Crippen molar-refractivity contribution in [1.29, 1.82) is 0 Å². The zero-order valence-corrected chi connectivity index (χ0v) is 15.9. The third-order valence-electron chi connectivity index (χ3n) is 5.32. The third-order valence-corrected chi connectivity index (χ3v) is 5.32. The maximum Gasteiger partial charge on any atom is 0.220 e. The lowest BCUT2D eigenvalue weighted by Gasteiger charge is -2.19. The highest BCUT2D eigenvalue weighted by Crippen LogP contribution is 2.17. The summed E-state index contributed by atoms with van der Waals surface area (Å²) in [5.41, 5.74) is 0. The van der Waals surface area contributed by atoms with Crippen molar-refractivity contribution in [1.82, 2.24) is 5.32 Å². The number of nitrogens with zero attached hydrogens (tertiary/aromatic N) is 1. The Labute approximate surface area is 154 Å². The molecule has 0 unspecified atom stereocenters. The topological polar surface area (TPSA) is 33.0 Å². The normalized spacial score (nSPS) is 18.1. The predicted molar refractivity (Wildman–Crippen MR) is 103 cm³/mol. The Morgan fingerprint density at radius 1 is 0.800 bits per heavy atom. The second-order valence-corrected chi connectivity index (χ2v) is 7.59. The number of hydrogen-bond donors (Lipinski definition) is 1. The van der Waals surface area contributed by atoms with Crippen LogP contribution in [0.4, 0.5) is 0 Å². The number of carbonyl (C=O) groups excluding carboxylic acids is 1. The van der Waals surface area contributed by atoms with Crippen LogP contribution in [0, 0.1) is 0 Å². The number of nitrogens with one attached hydrogen (secondary N) is 1. The molecule has 1 aromatic rings. The molecule has 0 atom stereocenters. The standard InChI is InChI=1S/C22H36N2O/c25-22(17-11-14-20-24-18-12-8-13-19-24)23-21-15-9-6-4-2-1-3-5-7-10-16-21/h8,12-13,18-19,21H,1-7,9-11,14-17,20H2/p+1. The van der Waals surface area contributed by atoms with Gasteiger partial charge in [-0.3, -0.25) is 4.79 Å². The smallest absolute Gasteiger partial charge is 0.220 e. The summed E-state index contributed by atoms with van der Waals surface area (Å²) in [6.45, 7) is 0.998. The molecular weight excluding hydrogens is 308 g/mol. The minimum absolute atomic E-state index is 0.259. The van der Waals surface area contributed by atoms with Gasteiger partial charge in [0, 0.05) is 31.0 Å². The van der Waals surface area contributed by atoms with Crippen molar-refractivity contribution in [2.45, 2.75) is 102 Å². The minimum Gasteiger partial charge on any atom is -0.353 e. The Morgan fingerprint density at radius 3 is 1.96 bits per heavy atom. The molecule has 2 rings (SSSR count). The molecule has 25 heavy (non-hydrogen) atoms. The summed E-state index contributed by atoms with van der Waals surface area (Å²) in [4.78, 5) is 12.3. The van der Waals surface area contributed by atoms with Gasteiger partial charge in [0.1, 0.15) is 6.54 Å². The van der Waals surface area contributed by atoms with Crippen LogP contribution in [0.1, 0.15) is 89.9 Å². The Balaban J connectivity index is 1.62. The highest BCUT2D eigenvalue weighted by molar-refractivity contribution is 5.76. The molecular formula is C22H37N2O+. The zero-order chi connectivity index (χ0) is 17.6. The minimum atomic E-state index is 0.259. The van der Waals surface area contributed by atoms with Crippen molar-refractivity contribution in [3.05, 3.63) is 30.6 Å². The Hall–Kier alpha value is -1.38. The molecule has 0 spiro atoms. The first-order valence-corrected chi connectivity index (χ1v) is 10.6. The summed E-state index contributed by atoms with van der Waals surface area (Å²) in [5, 5.41) is 3.32. The van der Waals surface area contributed by atoms with E-state index < -0.39 is 0 Å². The Morgan fingerprint density at radius 2 is 1.36 bits per heavy atom. The lowest BCUT2D eigenvalue weighted by molar-refractivity contribution is -0.697. The molecule has 1 fully saturated rings. The van der Waals surface area contributed by atoms with Crippen molar-refractivity contribution >= 4 is 5.91 Å². The second-order valence-electron chi connectivity index (χ2n) is 7.59. The summed E-state index contributed by atoms with van der Waals surface area (Å²) in [6, 6.07) is 6.55. The molecule has 1 aliphatic rings. The van der Waals surface area contributed by atoms with Gasteiger partial charge in [-0.15, -0.1) is 0 Å². The third kappa shape index (κ3) is 9.62. The maximum atomic E-state index is 12.3.